The van der Waals surface area contributed by atoms with Crippen molar-refractivity contribution in [3.8, 4) is 5.75 Å². The van der Waals surface area contributed by atoms with E-state index in [0.717, 1.165) is 51.0 Å². The van der Waals surface area contributed by atoms with Gasteiger partial charge in [-0.1, -0.05) is 31.4 Å². The Morgan fingerprint density at radius 1 is 1.18 bits per heavy atom. The van der Waals surface area contributed by atoms with E-state index in [4.69, 9.17) is 9.47 Å². The van der Waals surface area contributed by atoms with Crippen LogP contribution in [0.5, 0.6) is 5.75 Å². The number of methoxy groups -OCH3 is 1. The van der Waals surface area contributed by atoms with E-state index < -0.39 is 5.60 Å². The highest BCUT2D eigenvalue weighted by Gasteiger charge is 2.28. The largest absolute Gasteiger partial charge is 0.493 e. The minimum absolute atomic E-state index is 0.507. The normalized spacial score (nSPS) is 17.4. The molecule has 0 aliphatic heterocycles. The van der Waals surface area contributed by atoms with Crippen molar-refractivity contribution in [2.45, 2.75) is 50.7 Å². The molecule has 4 nitrogen and oxygen atoms in total. The van der Waals surface area contributed by atoms with Crippen LogP contribution in [0, 0.1) is 0 Å². The van der Waals surface area contributed by atoms with Crippen LogP contribution in [0.2, 0.25) is 0 Å². The van der Waals surface area contributed by atoms with Crippen molar-refractivity contribution >= 4 is 0 Å². The molecule has 0 saturated heterocycles. The number of benzene rings is 1. The van der Waals surface area contributed by atoms with Crippen LogP contribution in [-0.2, 0) is 11.3 Å². The smallest absolute Gasteiger partial charge is 0.119 e. The Morgan fingerprint density at radius 3 is 2.77 bits per heavy atom. The summed E-state index contributed by atoms with van der Waals surface area (Å²) in [5, 5.41) is 13.9. The highest BCUT2D eigenvalue weighted by Crippen LogP contribution is 2.27. The topological polar surface area (TPSA) is 50.7 Å². The average molecular weight is 307 g/mol. The lowest BCUT2D eigenvalue weighted by Crippen LogP contribution is -2.41. The van der Waals surface area contributed by atoms with Gasteiger partial charge in [-0.05, 0) is 30.5 Å². The third-order valence-corrected chi connectivity index (χ3v) is 4.23. The molecule has 0 radical (unpaired) electrons. The van der Waals surface area contributed by atoms with Crippen LogP contribution in [-0.4, -0.2) is 37.6 Å². The zero-order valence-electron chi connectivity index (χ0n) is 13.6. The van der Waals surface area contributed by atoms with Gasteiger partial charge in [0.25, 0.3) is 0 Å². The molecular weight excluding hydrogens is 278 g/mol. The van der Waals surface area contributed by atoms with Crippen molar-refractivity contribution in [1.29, 1.82) is 0 Å². The molecule has 0 bridgehead atoms. The van der Waals surface area contributed by atoms with Gasteiger partial charge in [0, 0.05) is 33.2 Å². The van der Waals surface area contributed by atoms with Crippen molar-refractivity contribution in [2.75, 3.05) is 26.9 Å². The minimum atomic E-state index is -0.507. The fourth-order valence-electron chi connectivity index (χ4n) is 2.96. The molecule has 22 heavy (non-hydrogen) atoms. The van der Waals surface area contributed by atoms with Gasteiger partial charge in [-0.3, -0.25) is 0 Å². The monoisotopic (exact) mass is 307 g/mol. The lowest BCUT2D eigenvalue weighted by Gasteiger charge is -2.32. The molecule has 2 rings (SSSR count). The molecule has 1 aliphatic rings. The van der Waals surface area contributed by atoms with E-state index in [1.54, 1.807) is 7.11 Å². The quantitative estimate of drug-likeness (QED) is 0.689. The summed E-state index contributed by atoms with van der Waals surface area (Å²) >= 11 is 0. The molecule has 0 heterocycles. The predicted octanol–water partition coefficient (Wildman–Crippen LogP) is 2.89. The summed E-state index contributed by atoms with van der Waals surface area (Å²) in [4.78, 5) is 0. The van der Waals surface area contributed by atoms with E-state index in [2.05, 4.69) is 17.4 Å². The molecular formula is C18H29NO3. The van der Waals surface area contributed by atoms with E-state index >= 15 is 0 Å². The number of hydrogen-bond donors (Lipinski definition) is 2. The van der Waals surface area contributed by atoms with E-state index in [-0.39, 0.29) is 0 Å². The highest BCUT2D eigenvalue weighted by atomic mass is 16.5. The molecule has 1 aliphatic carbocycles. The van der Waals surface area contributed by atoms with Gasteiger partial charge < -0.3 is 19.9 Å². The Morgan fingerprint density at radius 2 is 2.00 bits per heavy atom. The minimum Gasteiger partial charge on any atom is -0.493 e. The first kappa shape index (κ1) is 17.3. The van der Waals surface area contributed by atoms with Crippen molar-refractivity contribution in [3.63, 3.8) is 0 Å². The van der Waals surface area contributed by atoms with Gasteiger partial charge in [0.2, 0.25) is 0 Å². The second kappa shape index (κ2) is 9.13. The van der Waals surface area contributed by atoms with E-state index in [1.807, 2.05) is 12.1 Å². The predicted molar refractivity (Wildman–Crippen MR) is 88.2 cm³/mol. The summed E-state index contributed by atoms with van der Waals surface area (Å²) in [5.74, 6) is 0.895. The maximum atomic E-state index is 10.5. The van der Waals surface area contributed by atoms with Crippen LogP contribution in [0.15, 0.2) is 24.3 Å². The van der Waals surface area contributed by atoms with Crippen molar-refractivity contribution in [1.82, 2.24) is 5.32 Å². The van der Waals surface area contributed by atoms with Crippen molar-refractivity contribution in [2.24, 2.45) is 0 Å². The number of ether oxygens (including phenoxy) is 2. The molecule has 0 amide bonds. The molecule has 1 saturated carbocycles. The van der Waals surface area contributed by atoms with Crippen molar-refractivity contribution < 1.29 is 14.6 Å². The second-order valence-electron chi connectivity index (χ2n) is 6.23. The molecule has 2 N–H and O–H groups in total. The van der Waals surface area contributed by atoms with Gasteiger partial charge in [0.1, 0.15) is 5.75 Å². The molecule has 1 fully saturated rings. The van der Waals surface area contributed by atoms with Gasteiger partial charge in [0.15, 0.2) is 0 Å². The fourth-order valence-corrected chi connectivity index (χ4v) is 2.96. The first-order valence-corrected chi connectivity index (χ1v) is 8.36. The van der Waals surface area contributed by atoms with Crippen LogP contribution < -0.4 is 10.1 Å². The zero-order valence-corrected chi connectivity index (χ0v) is 13.6. The maximum Gasteiger partial charge on any atom is 0.119 e. The summed E-state index contributed by atoms with van der Waals surface area (Å²) in [6.45, 7) is 2.83. The van der Waals surface area contributed by atoms with Gasteiger partial charge in [0.05, 0.1) is 12.2 Å². The van der Waals surface area contributed by atoms with Gasteiger partial charge >= 0.3 is 0 Å². The molecule has 1 aromatic carbocycles. The SMILES string of the molecule is COCCCOc1cccc(CNCC2(O)CCCCC2)c1. The molecule has 124 valence electrons. The number of rotatable bonds is 9. The lowest BCUT2D eigenvalue weighted by molar-refractivity contribution is 0.00467. The fraction of sp³-hybridized carbons (Fsp3) is 0.667. The first-order chi connectivity index (χ1) is 10.7. The molecule has 0 unspecified atom stereocenters. The van der Waals surface area contributed by atoms with Crippen molar-refractivity contribution in [3.05, 3.63) is 29.8 Å². The van der Waals surface area contributed by atoms with Gasteiger partial charge in [-0.25, -0.2) is 0 Å². The molecule has 0 aromatic heterocycles. The lowest BCUT2D eigenvalue weighted by atomic mass is 9.85. The van der Waals surface area contributed by atoms with Crippen LogP contribution in [0.3, 0.4) is 0 Å². The highest BCUT2D eigenvalue weighted by molar-refractivity contribution is 5.28. The molecule has 0 spiro atoms. The Balaban J connectivity index is 1.73. The van der Waals surface area contributed by atoms with Crippen LogP contribution in [0.25, 0.3) is 0 Å². The van der Waals surface area contributed by atoms with E-state index in [0.29, 0.717) is 13.2 Å². The third kappa shape index (κ3) is 5.95. The summed E-state index contributed by atoms with van der Waals surface area (Å²) in [7, 11) is 1.70. The second-order valence-corrected chi connectivity index (χ2v) is 6.23. The Kier molecular flexibility index (Phi) is 7.16. The Hall–Kier alpha value is -1.10. The number of aliphatic hydroxyl groups is 1. The van der Waals surface area contributed by atoms with Crippen LogP contribution in [0.4, 0.5) is 0 Å². The van der Waals surface area contributed by atoms with Crippen LogP contribution in [0.1, 0.15) is 44.1 Å². The number of hydrogen-bond acceptors (Lipinski definition) is 4. The molecule has 4 heteroatoms. The first-order valence-electron chi connectivity index (χ1n) is 8.36. The maximum absolute atomic E-state index is 10.5. The Bertz CT molecular complexity index is 430. The number of nitrogens with one attached hydrogen (secondary N) is 1. The van der Waals surface area contributed by atoms with Gasteiger partial charge in [-0.15, -0.1) is 0 Å². The summed E-state index contributed by atoms with van der Waals surface area (Å²) in [5.41, 5.74) is 0.677. The third-order valence-electron chi connectivity index (χ3n) is 4.23. The summed E-state index contributed by atoms with van der Waals surface area (Å²) in [6, 6.07) is 8.13. The average Bonchev–Trinajstić information content (AvgIpc) is 2.53. The molecule has 1 aromatic rings. The van der Waals surface area contributed by atoms with E-state index in [1.165, 1.54) is 12.0 Å². The summed E-state index contributed by atoms with van der Waals surface area (Å²) < 4.78 is 10.7. The zero-order chi connectivity index (χ0) is 15.7. The Labute approximate surface area is 133 Å². The molecule has 0 atom stereocenters. The van der Waals surface area contributed by atoms with Crippen LogP contribution >= 0.6 is 0 Å². The van der Waals surface area contributed by atoms with E-state index in [9.17, 15) is 5.11 Å². The summed E-state index contributed by atoms with van der Waals surface area (Å²) in [6.07, 6.45) is 6.27. The standard InChI is InChI=1S/C18H29NO3/c1-21-11-6-12-22-17-8-5-7-16(13-17)14-19-15-18(20)9-3-2-4-10-18/h5,7-8,13,19-20H,2-4,6,9-12,14-15H2,1H3. The van der Waals surface area contributed by atoms with Gasteiger partial charge in [-0.2, -0.15) is 0 Å².